The Labute approximate surface area is 208 Å². The Morgan fingerprint density at radius 3 is 2.17 bits per heavy atom. The first kappa shape index (κ1) is 23.5. The molecule has 0 N–H and O–H groups in total. The van der Waals surface area contributed by atoms with E-state index in [1.807, 2.05) is 0 Å². The average Bonchev–Trinajstić information content (AvgIpc) is 3.31. The highest BCUT2D eigenvalue weighted by Crippen LogP contribution is 2.51. The molecule has 2 aliphatic heterocycles. The van der Waals surface area contributed by atoms with E-state index >= 15 is 0 Å². The van der Waals surface area contributed by atoms with Gasteiger partial charge in [0, 0.05) is 28.6 Å². The fourth-order valence-corrected chi connectivity index (χ4v) is 4.93. The molecule has 0 saturated carbocycles. The van der Waals surface area contributed by atoms with Gasteiger partial charge in [-0.2, -0.15) is 13.2 Å². The van der Waals surface area contributed by atoms with E-state index in [1.165, 1.54) is 24.3 Å². The topological polar surface area (TPSA) is 46.6 Å². The summed E-state index contributed by atoms with van der Waals surface area (Å²) in [6, 6.07) is 15.0. The summed E-state index contributed by atoms with van der Waals surface area (Å²) in [4.78, 5) is 26.1. The van der Waals surface area contributed by atoms with Gasteiger partial charge in [0.25, 0.3) is 11.8 Å². The van der Waals surface area contributed by atoms with Crippen molar-refractivity contribution < 1.29 is 27.5 Å². The first-order valence-electron chi connectivity index (χ1n) is 10.6. The minimum atomic E-state index is -4.73. The van der Waals surface area contributed by atoms with Crippen LogP contribution in [0.1, 0.15) is 37.4 Å². The van der Waals surface area contributed by atoms with Crippen LogP contribution in [-0.4, -0.2) is 29.4 Å². The lowest BCUT2D eigenvalue weighted by Gasteiger charge is -2.31. The summed E-state index contributed by atoms with van der Waals surface area (Å²) < 4.78 is 48.4. The van der Waals surface area contributed by atoms with Crippen LogP contribution in [0.2, 0.25) is 10.0 Å². The number of hydrogen-bond donors (Lipinski definition) is 0. The first-order valence-corrected chi connectivity index (χ1v) is 11.3. The van der Waals surface area contributed by atoms with Gasteiger partial charge in [0.05, 0.1) is 11.1 Å². The van der Waals surface area contributed by atoms with Crippen LogP contribution in [0.5, 0.6) is 5.75 Å². The Hall–Kier alpha value is -3.29. The van der Waals surface area contributed by atoms with Gasteiger partial charge in [-0.05, 0) is 53.6 Å². The second-order valence-corrected chi connectivity index (χ2v) is 9.17. The second kappa shape index (κ2) is 8.43. The number of nitrogens with zero attached hydrogens (tertiary/aromatic N) is 1. The molecule has 2 heterocycles. The molecule has 0 fully saturated rings. The zero-order valence-electron chi connectivity index (χ0n) is 17.9. The number of carbonyl (C=O) groups excluding carboxylic acids is 2. The molecule has 3 aromatic carbocycles. The standard InChI is InChI=1S/C26H16Cl2F3NO3/c27-18-11-17(12-19(28)13-18)25(26(29,30)31)14-16-10-15(7-8-22(16)35-25)4-3-9-32-23(33)20-5-1-2-6-21(20)24(32)34/h1-8,10-13H,9,14H2/b4-3+. The molecular formula is C26H16Cl2F3NO3. The Morgan fingerprint density at radius 2 is 1.57 bits per heavy atom. The van der Waals surface area contributed by atoms with E-state index in [4.69, 9.17) is 27.9 Å². The Kier molecular flexibility index (Phi) is 5.65. The zero-order valence-corrected chi connectivity index (χ0v) is 19.4. The fourth-order valence-electron chi connectivity index (χ4n) is 4.40. The third kappa shape index (κ3) is 3.98. The van der Waals surface area contributed by atoms with Crippen molar-refractivity contribution in [3.8, 4) is 5.75 Å². The fraction of sp³-hybridized carbons (Fsp3) is 0.154. The first-order chi connectivity index (χ1) is 16.6. The molecule has 178 valence electrons. The Morgan fingerprint density at radius 1 is 0.943 bits per heavy atom. The van der Waals surface area contributed by atoms with Gasteiger partial charge in [-0.25, -0.2) is 0 Å². The molecule has 4 nitrogen and oxygen atoms in total. The molecule has 0 radical (unpaired) electrons. The predicted octanol–water partition coefficient (Wildman–Crippen LogP) is 6.70. The molecule has 3 aromatic rings. The van der Waals surface area contributed by atoms with Crippen molar-refractivity contribution in [1.29, 1.82) is 0 Å². The van der Waals surface area contributed by atoms with Gasteiger partial charge in [-0.1, -0.05) is 53.6 Å². The van der Waals surface area contributed by atoms with Crippen molar-refractivity contribution in [2.75, 3.05) is 6.54 Å². The second-order valence-electron chi connectivity index (χ2n) is 8.30. The number of imide groups is 1. The van der Waals surface area contributed by atoms with E-state index < -0.39 is 18.2 Å². The van der Waals surface area contributed by atoms with Crippen molar-refractivity contribution in [3.05, 3.63) is 105 Å². The SMILES string of the molecule is O=C1c2ccccc2C(=O)N1C/C=C/c1ccc2c(c1)CC(c1cc(Cl)cc(Cl)c1)(C(F)(F)F)O2. The maximum Gasteiger partial charge on any atom is 0.432 e. The number of hydrogen-bond acceptors (Lipinski definition) is 3. The zero-order chi connectivity index (χ0) is 25.0. The van der Waals surface area contributed by atoms with Gasteiger partial charge >= 0.3 is 6.18 Å². The minimum absolute atomic E-state index is 0.0352. The summed E-state index contributed by atoms with van der Waals surface area (Å²) in [6.45, 7) is 0.0352. The Bertz CT molecular complexity index is 1350. The number of alkyl halides is 3. The van der Waals surface area contributed by atoms with E-state index in [2.05, 4.69) is 0 Å². The van der Waals surface area contributed by atoms with Crippen molar-refractivity contribution in [2.45, 2.75) is 18.2 Å². The summed E-state index contributed by atoms with van der Waals surface area (Å²) >= 11 is 11.9. The molecule has 9 heteroatoms. The molecule has 2 amide bonds. The molecule has 0 saturated heterocycles. The van der Waals surface area contributed by atoms with Gasteiger partial charge in [0.2, 0.25) is 5.60 Å². The van der Waals surface area contributed by atoms with Gasteiger partial charge < -0.3 is 4.74 Å². The number of rotatable bonds is 4. The number of benzene rings is 3. The van der Waals surface area contributed by atoms with Crippen LogP contribution in [-0.2, 0) is 12.0 Å². The van der Waals surface area contributed by atoms with Gasteiger partial charge in [-0.3, -0.25) is 14.5 Å². The third-order valence-corrected chi connectivity index (χ3v) is 6.51. The molecule has 1 unspecified atom stereocenters. The van der Waals surface area contributed by atoms with Gasteiger partial charge in [-0.15, -0.1) is 0 Å². The van der Waals surface area contributed by atoms with E-state index in [-0.39, 0.29) is 39.7 Å². The van der Waals surface area contributed by atoms with Crippen LogP contribution in [0.15, 0.2) is 66.7 Å². The van der Waals surface area contributed by atoms with Crippen LogP contribution in [0.25, 0.3) is 6.08 Å². The predicted molar refractivity (Wildman–Crippen MR) is 126 cm³/mol. The quantitative estimate of drug-likeness (QED) is 0.362. The summed E-state index contributed by atoms with van der Waals surface area (Å²) in [5.74, 6) is -0.656. The molecule has 0 spiro atoms. The van der Waals surface area contributed by atoms with Crippen molar-refractivity contribution in [3.63, 3.8) is 0 Å². The smallest absolute Gasteiger partial charge is 0.432 e. The molecule has 0 bridgehead atoms. The lowest BCUT2D eigenvalue weighted by molar-refractivity contribution is -0.248. The summed E-state index contributed by atoms with van der Waals surface area (Å²) in [6.07, 6.45) is -1.93. The molecule has 35 heavy (non-hydrogen) atoms. The summed E-state index contributed by atoms with van der Waals surface area (Å²) in [7, 11) is 0. The van der Waals surface area contributed by atoms with Crippen LogP contribution in [0, 0.1) is 0 Å². The van der Waals surface area contributed by atoms with E-state index in [1.54, 1.807) is 48.6 Å². The molecule has 1 atom stereocenters. The lowest BCUT2D eigenvalue weighted by Crippen LogP contribution is -2.46. The monoisotopic (exact) mass is 517 g/mol. The van der Waals surface area contributed by atoms with Crippen LogP contribution < -0.4 is 4.74 Å². The number of carbonyl (C=O) groups is 2. The van der Waals surface area contributed by atoms with Crippen LogP contribution in [0.3, 0.4) is 0 Å². The lowest BCUT2D eigenvalue weighted by atomic mass is 9.88. The highest BCUT2D eigenvalue weighted by atomic mass is 35.5. The van der Waals surface area contributed by atoms with Crippen LogP contribution >= 0.6 is 23.2 Å². The molecule has 0 aromatic heterocycles. The highest BCUT2D eigenvalue weighted by molar-refractivity contribution is 6.34. The van der Waals surface area contributed by atoms with Crippen molar-refractivity contribution in [1.82, 2.24) is 4.90 Å². The maximum atomic E-state index is 14.3. The molecule has 5 rings (SSSR count). The third-order valence-electron chi connectivity index (χ3n) is 6.07. The number of fused-ring (bicyclic) bond motifs is 2. The molecule has 0 aliphatic carbocycles. The minimum Gasteiger partial charge on any atom is -0.472 e. The number of amides is 2. The average molecular weight is 518 g/mol. The summed E-state index contributed by atoms with van der Waals surface area (Å²) in [5, 5.41) is 0.153. The molecular weight excluding hydrogens is 502 g/mol. The number of halogens is 5. The normalized spacial score (nSPS) is 19.3. The maximum absolute atomic E-state index is 14.3. The van der Waals surface area contributed by atoms with E-state index in [0.717, 1.165) is 4.90 Å². The largest absolute Gasteiger partial charge is 0.472 e. The van der Waals surface area contributed by atoms with Crippen molar-refractivity contribution in [2.24, 2.45) is 0 Å². The summed E-state index contributed by atoms with van der Waals surface area (Å²) in [5.41, 5.74) is -1.13. The number of ether oxygens (including phenoxy) is 1. The van der Waals surface area contributed by atoms with E-state index in [0.29, 0.717) is 22.3 Å². The van der Waals surface area contributed by atoms with Crippen LogP contribution in [0.4, 0.5) is 13.2 Å². The van der Waals surface area contributed by atoms with Gasteiger partial charge in [0.1, 0.15) is 5.75 Å². The van der Waals surface area contributed by atoms with Crippen molar-refractivity contribution >= 4 is 41.1 Å². The Balaban J connectivity index is 1.38. The highest BCUT2D eigenvalue weighted by Gasteiger charge is 2.61. The molecule has 2 aliphatic rings. The van der Waals surface area contributed by atoms with E-state index in [9.17, 15) is 22.8 Å². The van der Waals surface area contributed by atoms with Gasteiger partial charge in [0.15, 0.2) is 0 Å².